The number of carbonyl (C=O) groups is 1. The lowest BCUT2D eigenvalue weighted by molar-refractivity contribution is 0.0950. The van der Waals surface area contributed by atoms with Gasteiger partial charge in [0.05, 0.1) is 16.7 Å². The van der Waals surface area contributed by atoms with Crippen molar-refractivity contribution in [3.63, 3.8) is 0 Å². The lowest BCUT2D eigenvalue weighted by Gasteiger charge is -2.14. The normalized spacial score (nSPS) is 11.3. The van der Waals surface area contributed by atoms with Crippen LogP contribution in [0.15, 0.2) is 65.6 Å². The van der Waals surface area contributed by atoms with E-state index in [0.717, 1.165) is 22.4 Å². The Bertz CT molecular complexity index is 1250. The molecule has 3 aromatic carbocycles. The van der Waals surface area contributed by atoms with Crippen LogP contribution in [0.5, 0.6) is 5.75 Å². The third-order valence-corrected chi connectivity index (χ3v) is 6.63. The molecule has 0 atom stereocenters. The number of anilines is 1. The van der Waals surface area contributed by atoms with Gasteiger partial charge in [-0.25, -0.2) is 8.42 Å². The second-order valence-electron chi connectivity index (χ2n) is 8.40. The van der Waals surface area contributed by atoms with E-state index >= 15 is 0 Å². The SMILES string of the molecule is Cc1ccc(C)c(NS(=O)(=O)c2cc(C(=O)NCc3ccc(OC(C)C)cc3)ccc2C)c1. The molecule has 33 heavy (non-hydrogen) atoms. The van der Waals surface area contributed by atoms with Gasteiger partial charge in [0, 0.05) is 12.1 Å². The highest BCUT2D eigenvalue weighted by molar-refractivity contribution is 7.92. The number of carbonyl (C=O) groups excluding carboxylic acids is 1. The predicted molar refractivity (Wildman–Crippen MR) is 131 cm³/mol. The van der Waals surface area contributed by atoms with Crippen LogP contribution in [0.1, 0.15) is 46.5 Å². The van der Waals surface area contributed by atoms with E-state index in [0.29, 0.717) is 17.8 Å². The van der Waals surface area contributed by atoms with Crippen LogP contribution in [-0.2, 0) is 16.6 Å². The van der Waals surface area contributed by atoms with Crippen molar-refractivity contribution in [3.05, 3.63) is 88.5 Å². The largest absolute Gasteiger partial charge is 0.491 e. The number of nitrogens with one attached hydrogen (secondary N) is 2. The topological polar surface area (TPSA) is 84.5 Å². The Kier molecular flexibility index (Phi) is 7.43. The van der Waals surface area contributed by atoms with Gasteiger partial charge in [-0.1, -0.05) is 30.3 Å². The molecule has 174 valence electrons. The second kappa shape index (κ2) is 10.1. The van der Waals surface area contributed by atoms with Crippen LogP contribution in [0.3, 0.4) is 0 Å². The zero-order chi connectivity index (χ0) is 24.2. The first-order valence-electron chi connectivity index (χ1n) is 10.8. The molecule has 0 aliphatic rings. The van der Waals surface area contributed by atoms with E-state index in [4.69, 9.17) is 4.74 Å². The number of hydrogen-bond acceptors (Lipinski definition) is 4. The maximum Gasteiger partial charge on any atom is 0.262 e. The maximum absolute atomic E-state index is 13.1. The quantitative estimate of drug-likeness (QED) is 0.482. The highest BCUT2D eigenvalue weighted by Gasteiger charge is 2.20. The Morgan fingerprint density at radius 3 is 2.24 bits per heavy atom. The summed E-state index contributed by atoms with van der Waals surface area (Å²) in [5.74, 6) is 0.422. The van der Waals surface area contributed by atoms with Crippen LogP contribution in [0.4, 0.5) is 5.69 Å². The van der Waals surface area contributed by atoms with Crippen molar-refractivity contribution in [3.8, 4) is 5.75 Å². The number of hydrogen-bond donors (Lipinski definition) is 2. The molecule has 3 rings (SSSR count). The van der Waals surface area contributed by atoms with Gasteiger partial charge in [0.2, 0.25) is 0 Å². The van der Waals surface area contributed by atoms with Gasteiger partial charge in [-0.3, -0.25) is 9.52 Å². The number of amides is 1. The van der Waals surface area contributed by atoms with Gasteiger partial charge in [0.25, 0.3) is 15.9 Å². The molecule has 0 aromatic heterocycles. The van der Waals surface area contributed by atoms with Crippen molar-refractivity contribution in [2.45, 2.75) is 52.2 Å². The molecule has 1 amide bonds. The summed E-state index contributed by atoms with van der Waals surface area (Å²) < 4.78 is 34.5. The van der Waals surface area contributed by atoms with Crippen molar-refractivity contribution in [1.82, 2.24) is 5.32 Å². The fourth-order valence-corrected chi connectivity index (χ4v) is 4.71. The summed E-state index contributed by atoms with van der Waals surface area (Å²) in [5.41, 5.74) is 4.05. The maximum atomic E-state index is 13.1. The third-order valence-electron chi connectivity index (χ3n) is 5.13. The van der Waals surface area contributed by atoms with Gasteiger partial charge in [-0.05, 0) is 87.2 Å². The number of aryl methyl sites for hydroxylation is 3. The van der Waals surface area contributed by atoms with E-state index in [1.54, 1.807) is 25.1 Å². The van der Waals surface area contributed by atoms with Crippen LogP contribution in [-0.4, -0.2) is 20.4 Å². The van der Waals surface area contributed by atoms with Crippen LogP contribution >= 0.6 is 0 Å². The van der Waals surface area contributed by atoms with E-state index in [1.807, 2.05) is 64.1 Å². The van der Waals surface area contributed by atoms with E-state index in [9.17, 15) is 13.2 Å². The molecule has 6 nitrogen and oxygen atoms in total. The molecule has 0 fully saturated rings. The first-order valence-corrected chi connectivity index (χ1v) is 12.3. The van der Waals surface area contributed by atoms with Gasteiger partial charge in [-0.15, -0.1) is 0 Å². The zero-order valence-corrected chi connectivity index (χ0v) is 20.4. The summed E-state index contributed by atoms with van der Waals surface area (Å²) in [5, 5.41) is 2.84. The Balaban J connectivity index is 1.74. The molecule has 0 aliphatic carbocycles. The van der Waals surface area contributed by atoms with E-state index in [2.05, 4.69) is 10.0 Å². The van der Waals surface area contributed by atoms with E-state index in [-0.39, 0.29) is 22.5 Å². The zero-order valence-electron chi connectivity index (χ0n) is 19.6. The summed E-state index contributed by atoms with van der Waals surface area (Å²) in [6.45, 7) is 9.69. The fraction of sp³-hybridized carbons (Fsp3) is 0.269. The minimum atomic E-state index is -3.87. The van der Waals surface area contributed by atoms with Crippen LogP contribution in [0, 0.1) is 20.8 Å². The average molecular weight is 467 g/mol. The van der Waals surface area contributed by atoms with Crippen LogP contribution in [0.2, 0.25) is 0 Å². The highest BCUT2D eigenvalue weighted by Crippen LogP contribution is 2.24. The number of sulfonamides is 1. The summed E-state index contributed by atoms with van der Waals surface area (Å²) in [6.07, 6.45) is 0.0897. The Hall–Kier alpha value is -3.32. The van der Waals surface area contributed by atoms with Gasteiger partial charge in [-0.2, -0.15) is 0 Å². The van der Waals surface area contributed by atoms with Crippen LogP contribution < -0.4 is 14.8 Å². The molecular weight excluding hydrogens is 436 g/mol. The van der Waals surface area contributed by atoms with Crippen molar-refractivity contribution in [1.29, 1.82) is 0 Å². The number of benzene rings is 3. The smallest absolute Gasteiger partial charge is 0.262 e. The highest BCUT2D eigenvalue weighted by atomic mass is 32.2. The van der Waals surface area contributed by atoms with Crippen molar-refractivity contribution >= 4 is 21.6 Å². The lowest BCUT2D eigenvalue weighted by atomic mass is 10.1. The minimum absolute atomic E-state index is 0.0752. The lowest BCUT2D eigenvalue weighted by Crippen LogP contribution is -2.23. The monoisotopic (exact) mass is 466 g/mol. The molecule has 0 bridgehead atoms. The predicted octanol–water partition coefficient (Wildman–Crippen LogP) is 5.13. The Morgan fingerprint density at radius 1 is 0.909 bits per heavy atom. The summed E-state index contributed by atoms with van der Waals surface area (Å²) in [7, 11) is -3.87. The standard InChI is InChI=1S/C26H30N2O4S/c1-17(2)32-23-12-9-21(10-13-23)16-27-26(29)22-11-8-20(5)25(15-22)33(30,31)28-24-14-18(3)6-7-19(24)4/h6-15,17,28H,16H2,1-5H3,(H,27,29). The first kappa shape index (κ1) is 24.3. The molecule has 7 heteroatoms. The summed E-state index contributed by atoms with van der Waals surface area (Å²) >= 11 is 0. The number of rotatable bonds is 8. The molecule has 0 saturated carbocycles. The molecule has 0 radical (unpaired) electrons. The molecule has 3 aromatic rings. The summed E-state index contributed by atoms with van der Waals surface area (Å²) in [4.78, 5) is 12.8. The molecule has 0 unspecified atom stereocenters. The van der Waals surface area contributed by atoms with Gasteiger partial charge in [0.1, 0.15) is 5.75 Å². The Morgan fingerprint density at radius 2 is 1.58 bits per heavy atom. The molecule has 0 aliphatic heterocycles. The first-order chi connectivity index (χ1) is 15.5. The van der Waals surface area contributed by atoms with Gasteiger partial charge < -0.3 is 10.1 Å². The van der Waals surface area contributed by atoms with Gasteiger partial charge in [0.15, 0.2) is 0 Å². The molecule has 0 saturated heterocycles. The van der Waals surface area contributed by atoms with Gasteiger partial charge >= 0.3 is 0 Å². The average Bonchev–Trinajstić information content (AvgIpc) is 2.75. The third kappa shape index (κ3) is 6.35. The molecule has 0 spiro atoms. The van der Waals surface area contributed by atoms with Crippen molar-refractivity contribution < 1.29 is 17.9 Å². The number of ether oxygens (including phenoxy) is 1. The minimum Gasteiger partial charge on any atom is -0.491 e. The molecular formula is C26H30N2O4S. The van der Waals surface area contributed by atoms with E-state index < -0.39 is 10.0 Å². The molecule has 2 N–H and O–H groups in total. The van der Waals surface area contributed by atoms with E-state index in [1.165, 1.54) is 6.07 Å². The Labute approximate surface area is 196 Å². The van der Waals surface area contributed by atoms with Crippen molar-refractivity contribution in [2.75, 3.05) is 4.72 Å². The fourth-order valence-electron chi connectivity index (χ4n) is 3.32. The second-order valence-corrected chi connectivity index (χ2v) is 10.0. The molecule has 0 heterocycles. The van der Waals surface area contributed by atoms with Crippen LogP contribution in [0.25, 0.3) is 0 Å². The summed E-state index contributed by atoms with van der Waals surface area (Å²) in [6, 6.07) is 17.8. The van der Waals surface area contributed by atoms with Crippen molar-refractivity contribution in [2.24, 2.45) is 0 Å².